The van der Waals surface area contributed by atoms with Crippen LogP contribution in [-0.4, -0.2) is 43.3 Å². The van der Waals surface area contributed by atoms with Gasteiger partial charge in [-0.25, -0.2) is 0 Å². The van der Waals surface area contributed by atoms with E-state index in [4.69, 9.17) is 0 Å². The van der Waals surface area contributed by atoms with Crippen LogP contribution < -0.4 is 5.32 Å². The third kappa shape index (κ3) is 5.30. The van der Waals surface area contributed by atoms with Crippen molar-refractivity contribution in [2.45, 2.75) is 52.8 Å². The first kappa shape index (κ1) is 16.8. The van der Waals surface area contributed by atoms with E-state index in [1.807, 2.05) is 0 Å². The Morgan fingerprint density at radius 2 is 1.68 bits per heavy atom. The van der Waals surface area contributed by atoms with Crippen molar-refractivity contribution < 1.29 is 13.2 Å². The maximum atomic E-state index is 12.6. The van der Waals surface area contributed by atoms with Gasteiger partial charge in [-0.05, 0) is 37.9 Å². The SMILES string of the molecule is CCNC(CN1CCC(C(F)(F)F)CC1)C(C)(C)C. The van der Waals surface area contributed by atoms with Crippen LogP contribution in [0.1, 0.15) is 40.5 Å². The molecule has 0 bridgehead atoms. The number of piperidine rings is 1. The molecule has 0 aromatic heterocycles. The van der Waals surface area contributed by atoms with Crippen LogP contribution in [0.25, 0.3) is 0 Å². The number of hydrogen-bond acceptors (Lipinski definition) is 2. The van der Waals surface area contributed by atoms with Gasteiger partial charge < -0.3 is 10.2 Å². The molecule has 1 unspecified atom stereocenters. The van der Waals surface area contributed by atoms with Crippen LogP contribution in [0.4, 0.5) is 13.2 Å². The molecule has 1 rings (SSSR count). The lowest BCUT2D eigenvalue weighted by Gasteiger charge is -2.39. The number of hydrogen-bond donors (Lipinski definition) is 1. The van der Waals surface area contributed by atoms with E-state index >= 15 is 0 Å². The van der Waals surface area contributed by atoms with Crippen LogP contribution in [0.2, 0.25) is 0 Å². The second-order valence-corrected chi connectivity index (χ2v) is 6.59. The summed E-state index contributed by atoms with van der Waals surface area (Å²) in [5.74, 6) is -1.10. The molecule has 1 aliphatic rings. The van der Waals surface area contributed by atoms with Gasteiger partial charge in [-0.1, -0.05) is 27.7 Å². The minimum atomic E-state index is -4.02. The number of nitrogens with zero attached hydrogens (tertiary/aromatic N) is 1. The van der Waals surface area contributed by atoms with Crippen LogP contribution in [-0.2, 0) is 0 Å². The summed E-state index contributed by atoms with van der Waals surface area (Å²) >= 11 is 0. The van der Waals surface area contributed by atoms with Gasteiger partial charge in [-0.2, -0.15) is 13.2 Å². The molecule has 0 spiro atoms. The summed E-state index contributed by atoms with van der Waals surface area (Å²) in [5, 5.41) is 3.45. The normalized spacial score (nSPS) is 21.6. The Kier molecular flexibility index (Phi) is 5.68. The maximum absolute atomic E-state index is 12.6. The van der Waals surface area contributed by atoms with Gasteiger partial charge >= 0.3 is 6.18 Å². The van der Waals surface area contributed by atoms with Crippen molar-refractivity contribution in [3.63, 3.8) is 0 Å². The van der Waals surface area contributed by atoms with Crippen molar-refractivity contribution in [1.82, 2.24) is 10.2 Å². The van der Waals surface area contributed by atoms with Crippen LogP contribution in [0.15, 0.2) is 0 Å². The molecule has 1 aliphatic heterocycles. The van der Waals surface area contributed by atoms with Crippen LogP contribution in [0, 0.1) is 11.3 Å². The predicted octanol–water partition coefficient (Wildman–Crippen LogP) is 3.28. The zero-order chi connectivity index (χ0) is 14.7. The van der Waals surface area contributed by atoms with E-state index in [9.17, 15) is 13.2 Å². The van der Waals surface area contributed by atoms with Crippen molar-refractivity contribution in [1.29, 1.82) is 0 Å². The monoisotopic (exact) mass is 280 g/mol. The van der Waals surface area contributed by atoms with Gasteiger partial charge in [0, 0.05) is 12.6 Å². The summed E-state index contributed by atoms with van der Waals surface area (Å²) < 4.78 is 37.8. The molecule has 0 saturated carbocycles. The summed E-state index contributed by atoms with van der Waals surface area (Å²) in [4.78, 5) is 2.17. The second kappa shape index (κ2) is 6.44. The summed E-state index contributed by atoms with van der Waals surface area (Å²) in [5.41, 5.74) is 0.122. The molecule has 0 radical (unpaired) electrons. The molecule has 0 aromatic rings. The van der Waals surface area contributed by atoms with Gasteiger partial charge in [0.05, 0.1) is 5.92 Å². The predicted molar refractivity (Wildman–Crippen MR) is 72.1 cm³/mol. The van der Waals surface area contributed by atoms with E-state index in [0.717, 1.165) is 13.1 Å². The van der Waals surface area contributed by atoms with Gasteiger partial charge in [-0.3, -0.25) is 0 Å². The molecule has 5 heteroatoms. The summed E-state index contributed by atoms with van der Waals surface area (Å²) in [6, 6.07) is 0.319. The Bertz CT molecular complexity index is 263. The number of likely N-dealkylation sites (tertiary alicyclic amines) is 1. The largest absolute Gasteiger partial charge is 0.391 e. The number of alkyl halides is 3. The average Bonchev–Trinajstić information content (AvgIpc) is 2.26. The van der Waals surface area contributed by atoms with Gasteiger partial charge in [0.25, 0.3) is 0 Å². The molecule has 0 amide bonds. The minimum absolute atomic E-state index is 0.122. The Morgan fingerprint density at radius 3 is 2.05 bits per heavy atom. The van der Waals surface area contributed by atoms with Crippen LogP contribution >= 0.6 is 0 Å². The molecule has 0 aromatic carbocycles. The topological polar surface area (TPSA) is 15.3 Å². The molecule has 19 heavy (non-hydrogen) atoms. The Balaban J connectivity index is 2.47. The van der Waals surface area contributed by atoms with E-state index in [-0.39, 0.29) is 18.3 Å². The first-order chi connectivity index (χ1) is 8.64. The highest BCUT2D eigenvalue weighted by Crippen LogP contribution is 2.34. The van der Waals surface area contributed by atoms with E-state index in [2.05, 4.69) is 37.9 Å². The molecule has 1 N–H and O–H groups in total. The Labute approximate surface area is 114 Å². The van der Waals surface area contributed by atoms with Crippen molar-refractivity contribution >= 4 is 0 Å². The highest BCUT2D eigenvalue weighted by atomic mass is 19.4. The fourth-order valence-electron chi connectivity index (χ4n) is 2.59. The maximum Gasteiger partial charge on any atom is 0.391 e. The minimum Gasteiger partial charge on any atom is -0.312 e. The van der Waals surface area contributed by atoms with Gasteiger partial charge in [0.2, 0.25) is 0 Å². The smallest absolute Gasteiger partial charge is 0.312 e. The van der Waals surface area contributed by atoms with Crippen LogP contribution in [0.3, 0.4) is 0 Å². The summed E-state index contributed by atoms with van der Waals surface area (Å²) in [6.45, 7) is 11.4. The van der Waals surface area contributed by atoms with E-state index in [0.29, 0.717) is 19.1 Å². The molecule has 0 aliphatic carbocycles. The fraction of sp³-hybridized carbons (Fsp3) is 1.00. The third-order valence-electron chi connectivity index (χ3n) is 3.99. The third-order valence-corrected chi connectivity index (χ3v) is 3.99. The van der Waals surface area contributed by atoms with Crippen LogP contribution in [0.5, 0.6) is 0 Å². The number of halogens is 3. The van der Waals surface area contributed by atoms with E-state index in [1.54, 1.807) is 0 Å². The quantitative estimate of drug-likeness (QED) is 0.850. The lowest BCUT2D eigenvalue weighted by Crippen LogP contribution is -2.51. The zero-order valence-corrected chi connectivity index (χ0v) is 12.5. The molecule has 1 atom stereocenters. The lowest BCUT2D eigenvalue weighted by molar-refractivity contribution is -0.185. The van der Waals surface area contributed by atoms with Gasteiger partial charge in [-0.15, -0.1) is 0 Å². The zero-order valence-electron chi connectivity index (χ0n) is 12.5. The Morgan fingerprint density at radius 1 is 1.16 bits per heavy atom. The lowest BCUT2D eigenvalue weighted by atomic mass is 9.85. The van der Waals surface area contributed by atoms with Gasteiger partial charge in [0.1, 0.15) is 0 Å². The molecule has 1 heterocycles. The summed E-state index contributed by atoms with van der Waals surface area (Å²) in [6.07, 6.45) is -3.53. The second-order valence-electron chi connectivity index (χ2n) is 6.59. The van der Waals surface area contributed by atoms with Crippen molar-refractivity contribution in [3.8, 4) is 0 Å². The highest BCUT2D eigenvalue weighted by molar-refractivity contribution is 4.85. The number of nitrogens with one attached hydrogen (secondary N) is 1. The van der Waals surface area contributed by atoms with Crippen molar-refractivity contribution in [2.24, 2.45) is 11.3 Å². The molecule has 1 saturated heterocycles. The van der Waals surface area contributed by atoms with Crippen molar-refractivity contribution in [3.05, 3.63) is 0 Å². The Hall–Kier alpha value is -0.290. The molecular weight excluding hydrogens is 253 g/mol. The molecule has 114 valence electrons. The van der Waals surface area contributed by atoms with E-state index < -0.39 is 12.1 Å². The number of likely N-dealkylation sites (N-methyl/N-ethyl adjacent to an activating group) is 1. The molecule has 1 fully saturated rings. The highest BCUT2D eigenvalue weighted by Gasteiger charge is 2.41. The van der Waals surface area contributed by atoms with Gasteiger partial charge in [0.15, 0.2) is 0 Å². The molecule has 2 nitrogen and oxygen atoms in total. The first-order valence-electron chi connectivity index (χ1n) is 7.17. The first-order valence-corrected chi connectivity index (χ1v) is 7.17. The van der Waals surface area contributed by atoms with E-state index in [1.165, 1.54) is 0 Å². The number of rotatable bonds is 4. The standard InChI is InChI=1S/C14H27F3N2/c1-5-18-12(13(2,3)4)10-19-8-6-11(7-9-19)14(15,16)17/h11-12,18H,5-10H2,1-4H3. The summed E-state index contributed by atoms with van der Waals surface area (Å²) in [7, 11) is 0. The average molecular weight is 280 g/mol. The molecular formula is C14H27F3N2. The van der Waals surface area contributed by atoms with Crippen molar-refractivity contribution in [2.75, 3.05) is 26.2 Å². The fourth-order valence-corrected chi connectivity index (χ4v) is 2.59.